The Balaban J connectivity index is 1.78. The summed E-state index contributed by atoms with van der Waals surface area (Å²) >= 11 is 1.47. The molecule has 0 aromatic carbocycles. The van der Waals surface area contributed by atoms with Crippen LogP contribution in [0.5, 0.6) is 0 Å². The zero-order valence-electron chi connectivity index (χ0n) is 13.3. The van der Waals surface area contributed by atoms with Crippen LogP contribution in [0.15, 0.2) is 18.5 Å². The predicted molar refractivity (Wildman–Crippen MR) is 87.1 cm³/mol. The van der Waals surface area contributed by atoms with Gasteiger partial charge in [0.05, 0.1) is 11.8 Å². The van der Waals surface area contributed by atoms with Gasteiger partial charge in [0.2, 0.25) is 4.96 Å². The zero-order valence-corrected chi connectivity index (χ0v) is 14.1. The van der Waals surface area contributed by atoms with Crippen molar-refractivity contribution in [2.75, 3.05) is 0 Å². The number of nitrogens with one attached hydrogen (secondary N) is 1. The quantitative estimate of drug-likeness (QED) is 0.610. The number of fused-ring (bicyclic) bond motifs is 1. The molecule has 4 aromatic heterocycles. The van der Waals surface area contributed by atoms with Crippen LogP contribution < -0.4 is 0 Å². The van der Waals surface area contributed by atoms with E-state index in [9.17, 15) is 0 Å². The minimum absolute atomic E-state index is 0.0189. The topological polar surface area (TPSA) is 89.6 Å². The summed E-state index contributed by atoms with van der Waals surface area (Å²) in [5.41, 5.74) is 2.80. The first kappa shape index (κ1) is 14.1. The van der Waals surface area contributed by atoms with E-state index in [1.54, 1.807) is 15.4 Å². The Bertz CT molecular complexity index is 980. The second kappa shape index (κ2) is 4.72. The molecule has 0 aliphatic rings. The van der Waals surface area contributed by atoms with E-state index in [0.29, 0.717) is 5.82 Å². The minimum Gasteiger partial charge on any atom is -0.281 e. The first-order chi connectivity index (χ1) is 10.9. The lowest BCUT2D eigenvalue weighted by Gasteiger charge is -2.14. The fraction of sp³-hybridized carbons (Fsp3) is 0.357. The summed E-state index contributed by atoms with van der Waals surface area (Å²) in [6.07, 6.45) is 3.64. The lowest BCUT2D eigenvalue weighted by atomic mass is 9.92. The third-order valence-electron chi connectivity index (χ3n) is 3.56. The fourth-order valence-electron chi connectivity index (χ4n) is 2.25. The van der Waals surface area contributed by atoms with Gasteiger partial charge in [0.15, 0.2) is 10.8 Å². The number of hydrogen-bond donors (Lipinski definition) is 1. The molecule has 0 amide bonds. The highest BCUT2D eigenvalue weighted by Crippen LogP contribution is 2.29. The van der Waals surface area contributed by atoms with E-state index in [1.807, 2.05) is 19.3 Å². The molecule has 4 aromatic rings. The molecule has 0 fully saturated rings. The van der Waals surface area contributed by atoms with Crippen molar-refractivity contribution in [2.24, 2.45) is 7.05 Å². The van der Waals surface area contributed by atoms with E-state index in [0.717, 1.165) is 26.9 Å². The number of aromatic amines is 1. The molecule has 118 valence electrons. The van der Waals surface area contributed by atoms with Gasteiger partial charge in [-0.15, -0.1) is 10.2 Å². The molecule has 1 N–H and O–H groups in total. The molecular formula is C14H16N8S. The lowest BCUT2D eigenvalue weighted by molar-refractivity contribution is 0.567. The Kier molecular flexibility index (Phi) is 2.89. The third kappa shape index (κ3) is 2.33. The predicted octanol–water partition coefficient (Wildman–Crippen LogP) is 2.27. The summed E-state index contributed by atoms with van der Waals surface area (Å²) in [5, 5.41) is 25.5. The average Bonchev–Trinajstić information content (AvgIpc) is 3.19. The molecule has 0 spiro atoms. The van der Waals surface area contributed by atoms with Gasteiger partial charge >= 0.3 is 0 Å². The summed E-state index contributed by atoms with van der Waals surface area (Å²) in [5.74, 6) is 0.683. The molecule has 0 aliphatic carbocycles. The maximum absolute atomic E-state index is 4.61. The first-order valence-corrected chi connectivity index (χ1v) is 8.01. The van der Waals surface area contributed by atoms with Crippen molar-refractivity contribution in [1.82, 2.24) is 39.8 Å². The van der Waals surface area contributed by atoms with Crippen molar-refractivity contribution in [3.05, 3.63) is 24.2 Å². The SMILES string of the molecule is Cn1cc(-c2nnc3sc(-c4cc(C(C)(C)C)[nH]n4)nn23)cn1. The summed E-state index contributed by atoms with van der Waals surface area (Å²) < 4.78 is 3.47. The van der Waals surface area contributed by atoms with Gasteiger partial charge in [-0.2, -0.15) is 19.8 Å². The molecule has 0 atom stereocenters. The molecule has 0 saturated carbocycles. The molecule has 0 bridgehead atoms. The van der Waals surface area contributed by atoms with Crippen molar-refractivity contribution in [2.45, 2.75) is 26.2 Å². The van der Waals surface area contributed by atoms with Crippen LogP contribution in [0.3, 0.4) is 0 Å². The van der Waals surface area contributed by atoms with Gasteiger partial charge in [0.25, 0.3) is 0 Å². The van der Waals surface area contributed by atoms with E-state index in [4.69, 9.17) is 0 Å². The van der Waals surface area contributed by atoms with Crippen molar-refractivity contribution >= 4 is 16.3 Å². The van der Waals surface area contributed by atoms with Crippen LogP contribution in [0, 0.1) is 0 Å². The second-order valence-corrected chi connectivity index (χ2v) is 7.40. The van der Waals surface area contributed by atoms with Crippen molar-refractivity contribution in [3.63, 3.8) is 0 Å². The summed E-state index contributed by atoms with van der Waals surface area (Å²) in [7, 11) is 1.87. The van der Waals surface area contributed by atoms with Gasteiger partial charge in [-0.3, -0.25) is 9.78 Å². The van der Waals surface area contributed by atoms with E-state index < -0.39 is 0 Å². The molecule has 4 heterocycles. The number of rotatable bonds is 2. The van der Waals surface area contributed by atoms with Crippen LogP contribution in [-0.4, -0.2) is 39.8 Å². The highest BCUT2D eigenvalue weighted by atomic mass is 32.1. The van der Waals surface area contributed by atoms with E-state index >= 15 is 0 Å². The van der Waals surface area contributed by atoms with Crippen LogP contribution >= 0.6 is 11.3 Å². The maximum atomic E-state index is 4.61. The largest absolute Gasteiger partial charge is 0.281 e. The number of aromatic nitrogens is 8. The average molecular weight is 328 g/mol. The molecule has 8 nitrogen and oxygen atoms in total. The summed E-state index contributed by atoms with van der Waals surface area (Å²) in [6.45, 7) is 6.43. The van der Waals surface area contributed by atoms with Gasteiger partial charge in [0.1, 0.15) is 5.69 Å². The zero-order chi connectivity index (χ0) is 16.2. The summed E-state index contributed by atoms with van der Waals surface area (Å²) in [6, 6.07) is 2.04. The number of hydrogen-bond acceptors (Lipinski definition) is 6. The summed E-state index contributed by atoms with van der Waals surface area (Å²) in [4.78, 5) is 0.735. The Morgan fingerprint density at radius 1 is 1.22 bits per heavy atom. The normalized spacial score (nSPS) is 12.3. The highest BCUT2D eigenvalue weighted by Gasteiger charge is 2.20. The van der Waals surface area contributed by atoms with Crippen LogP contribution in [-0.2, 0) is 12.5 Å². The first-order valence-electron chi connectivity index (χ1n) is 7.19. The lowest BCUT2D eigenvalue weighted by Crippen LogP contribution is -2.11. The van der Waals surface area contributed by atoms with Crippen LogP contribution in [0.2, 0.25) is 0 Å². The standard InChI is InChI=1S/C14H16N8S/c1-14(2,3)10-5-9(16-17-10)12-20-22-11(18-19-13(22)23-12)8-6-15-21(4)7-8/h5-7H,1-4H3,(H,16,17). The smallest absolute Gasteiger partial charge is 0.235 e. The highest BCUT2D eigenvalue weighted by molar-refractivity contribution is 7.19. The minimum atomic E-state index is 0.0189. The molecule has 4 rings (SSSR count). The maximum Gasteiger partial charge on any atom is 0.235 e. The van der Waals surface area contributed by atoms with Crippen molar-refractivity contribution in [1.29, 1.82) is 0 Å². The molecule has 0 aliphatic heterocycles. The van der Waals surface area contributed by atoms with Crippen molar-refractivity contribution < 1.29 is 0 Å². The van der Waals surface area contributed by atoms with Gasteiger partial charge in [-0.05, 0) is 6.07 Å². The van der Waals surface area contributed by atoms with Crippen LogP contribution in [0.4, 0.5) is 0 Å². The van der Waals surface area contributed by atoms with Crippen molar-refractivity contribution in [3.8, 4) is 22.1 Å². The molecule has 0 saturated heterocycles. The monoisotopic (exact) mass is 328 g/mol. The Morgan fingerprint density at radius 2 is 2.04 bits per heavy atom. The molecule has 23 heavy (non-hydrogen) atoms. The molecule has 9 heteroatoms. The Labute approximate surface area is 136 Å². The number of aryl methyl sites for hydroxylation is 1. The molecule has 0 radical (unpaired) electrons. The fourth-order valence-corrected chi connectivity index (χ4v) is 3.05. The van der Waals surface area contributed by atoms with Gasteiger partial charge in [-0.25, -0.2) is 0 Å². The second-order valence-electron chi connectivity index (χ2n) is 6.44. The third-order valence-corrected chi connectivity index (χ3v) is 4.48. The Morgan fingerprint density at radius 3 is 2.70 bits per heavy atom. The number of H-pyrrole nitrogens is 1. The van der Waals surface area contributed by atoms with Gasteiger partial charge in [-0.1, -0.05) is 32.1 Å². The van der Waals surface area contributed by atoms with E-state index in [-0.39, 0.29) is 5.41 Å². The Hall–Kier alpha value is -2.55. The van der Waals surface area contributed by atoms with Gasteiger partial charge in [0, 0.05) is 24.4 Å². The molecular weight excluding hydrogens is 312 g/mol. The molecule has 0 unspecified atom stereocenters. The van der Waals surface area contributed by atoms with Gasteiger partial charge < -0.3 is 0 Å². The van der Waals surface area contributed by atoms with Crippen LogP contribution in [0.25, 0.3) is 27.1 Å². The number of nitrogens with zero attached hydrogens (tertiary/aromatic N) is 7. The van der Waals surface area contributed by atoms with Crippen LogP contribution in [0.1, 0.15) is 26.5 Å². The van der Waals surface area contributed by atoms with E-state index in [1.165, 1.54) is 11.3 Å². The van der Waals surface area contributed by atoms with E-state index in [2.05, 4.69) is 51.4 Å².